The summed E-state index contributed by atoms with van der Waals surface area (Å²) in [4.78, 5) is 43.1. The molecule has 2 aliphatic rings. The van der Waals surface area contributed by atoms with Gasteiger partial charge in [0.1, 0.15) is 11.5 Å². The van der Waals surface area contributed by atoms with Gasteiger partial charge in [0.05, 0.1) is 12.1 Å². The molecular formula is C16H21N3O3S. The predicted octanol–water partition coefficient (Wildman–Crippen LogP) is 1.48. The molecule has 0 atom stereocenters. The second-order valence-corrected chi connectivity index (χ2v) is 6.99. The van der Waals surface area contributed by atoms with Crippen molar-refractivity contribution in [2.24, 2.45) is 0 Å². The molecule has 7 heteroatoms. The minimum atomic E-state index is -0.0860. The monoisotopic (exact) mass is 335 g/mol. The van der Waals surface area contributed by atoms with Crippen molar-refractivity contribution in [1.82, 2.24) is 9.80 Å². The van der Waals surface area contributed by atoms with Crippen molar-refractivity contribution in [3.63, 3.8) is 0 Å². The van der Waals surface area contributed by atoms with Crippen LogP contribution in [0.15, 0.2) is 0 Å². The lowest BCUT2D eigenvalue weighted by atomic mass is 10.0. The zero-order chi connectivity index (χ0) is 16.7. The van der Waals surface area contributed by atoms with Gasteiger partial charge in [0.25, 0.3) is 5.91 Å². The van der Waals surface area contributed by atoms with Gasteiger partial charge in [-0.3, -0.25) is 14.4 Å². The maximum absolute atomic E-state index is 12.7. The number of anilines is 1. The summed E-state index contributed by atoms with van der Waals surface area (Å²) in [6.07, 6.45) is 1.17. The lowest BCUT2D eigenvalue weighted by Gasteiger charge is -2.27. The van der Waals surface area contributed by atoms with Gasteiger partial charge in [-0.25, -0.2) is 0 Å². The topological polar surface area (TPSA) is 60.9 Å². The summed E-state index contributed by atoms with van der Waals surface area (Å²) in [6, 6.07) is 0. The first-order chi connectivity index (χ1) is 11.0. The van der Waals surface area contributed by atoms with E-state index in [9.17, 15) is 14.4 Å². The number of carbonyl (C=O) groups excluding carboxylic acids is 3. The number of nitrogens with zero attached hydrogens (tertiary/aromatic N) is 3. The van der Waals surface area contributed by atoms with E-state index >= 15 is 0 Å². The maximum Gasteiger partial charge on any atom is 0.257 e. The smallest absolute Gasteiger partial charge is 0.257 e. The SMILES string of the molecule is CCC(=O)N1CCc2c(sc3c2C(=O)N(C)CC(=O)N3CC)C1. The van der Waals surface area contributed by atoms with E-state index in [2.05, 4.69) is 0 Å². The molecular weight excluding hydrogens is 314 g/mol. The molecule has 0 saturated heterocycles. The third-order valence-corrected chi connectivity index (χ3v) is 5.73. The Kier molecular flexibility index (Phi) is 4.14. The lowest BCUT2D eigenvalue weighted by molar-refractivity contribution is -0.131. The fraction of sp³-hybridized carbons (Fsp3) is 0.562. The number of rotatable bonds is 2. The van der Waals surface area contributed by atoms with E-state index in [1.54, 1.807) is 11.9 Å². The second-order valence-electron chi connectivity index (χ2n) is 5.90. The number of carbonyl (C=O) groups is 3. The fourth-order valence-electron chi connectivity index (χ4n) is 3.22. The molecule has 3 rings (SSSR count). The Balaban J connectivity index is 2.06. The Morgan fingerprint density at radius 2 is 1.96 bits per heavy atom. The van der Waals surface area contributed by atoms with E-state index in [1.807, 2.05) is 18.7 Å². The van der Waals surface area contributed by atoms with Gasteiger partial charge in [0.2, 0.25) is 11.8 Å². The van der Waals surface area contributed by atoms with E-state index in [0.29, 0.717) is 38.0 Å². The molecule has 0 N–H and O–H groups in total. The van der Waals surface area contributed by atoms with Crippen LogP contribution < -0.4 is 4.90 Å². The van der Waals surface area contributed by atoms with Crippen molar-refractivity contribution in [3.8, 4) is 0 Å². The average Bonchev–Trinajstić information content (AvgIpc) is 2.87. The van der Waals surface area contributed by atoms with E-state index in [-0.39, 0.29) is 24.3 Å². The molecule has 1 aromatic rings. The highest BCUT2D eigenvalue weighted by molar-refractivity contribution is 7.17. The first-order valence-corrected chi connectivity index (χ1v) is 8.77. The fourth-order valence-corrected chi connectivity index (χ4v) is 4.66. The number of amides is 3. The Morgan fingerprint density at radius 3 is 2.61 bits per heavy atom. The van der Waals surface area contributed by atoms with Crippen LogP contribution in [-0.2, 0) is 22.6 Å². The zero-order valence-electron chi connectivity index (χ0n) is 13.7. The molecule has 0 saturated carbocycles. The van der Waals surface area contributed by atoms with Gasteiger partial charge in [-0.1, -0.05) is 6.92 Å². The molecule has 0 fully saturated rings. The molecule has 0 aromatic carbocycles. The average molecular weight is 335 g/mol. The molecule has 124 valence electrons. The Labute approximate surface area is 139 Å². The normalized spacial score (nSPS) is 18.0. The summed E-state index contributed by atoms with van der Waals surface area (Å²) in [5, 5.41) is 0.752. The Hall–Kier alpha value is -1.89. The van der Waals surface area contributed by atoms with Gasteiger partial charge >= 0.3 is 0 Å². The molecule has 3 amide bonds. The highest BCUT2D eigenvalue weighted by atomic mass is 32.1. The van der Waals surface area contributed by atoms with Crippen LogP contribution in [0.3, 0.4) is 0 Å². The van der Waals surface area contributed by atoms with Crippen LogP contribution in [-0.4, -0.2) is 54.2 Å². The first kappa shape index (κ1) is 16.0. The van der Waals surface area contributed by atoms with E-state index < -0.39 is 0 Å². The van der Waals surface area contributed by atoms with Crippen molar-refractivity contribution in [1.29, 1.82) is 0 Å². The third kappa shape index (κ3) is 2.52. The molecule has 3 heterocycles. The number of likely N-dealkylation sites (N-methyl/N-ethyl adjacent to an activating group) is 2. The summed E-state index contributed by atoms with van der Waals surface area (Å²) in [7, 11) is 1.67. The standard InChI is InChI=1S/C16H21N3O3S/c1-4-12(20)18-7-6-10-11(8-18)23-16-14(10)15(22)17(3)9-13(21)19(16)5-2/h4-9H2,1-3H3. The largest absolute Gasteiger partial charge is 0.337 e. The summed E-state index contributed by atoms with van der Waals surface area (Å²) >= 11 is 1.49. The molecule has 0 spiro atoms. The summed E-state index contributed by atoms with van der Waals surface area (Å²) in [5.74, 6) is -0.00892. The molecule has 0 bridgehead atoms. The minimum absolute atomic E-state index is 0.0535. The lowest BCUT2D eigenvalue weighted by Crippen LogP contribution is -2.38. The highest BCUT2D eigenvalue weighted by Gasteiger charge is 2.36. The van der Waals surface area contributed by atoms with Gasteiger partial charge in [0.15, 0.2) is 0 Å². The molecule has 1 aromatic heterocycles. The van der Waals surface area contributed by atoms with Gasteiger partial charge in [-0.2, -0.15) is 0 Å². The molecule has 0 unspecified atom stereocenters. The summed E-state index contributed by atoms with van der Waals surface area (Å²) in [6.45, 7) is 5.62. The van der Waals surface area contributed by atoms with Crippen LogP contribution in [0.4, 0.5) is 5.00 Å². The third-order valence-electron chi connectivity index (χ3n) is 4.49. The summed E-state index contributed by atoms with van der Waals surface area (Å²) in [5.41, 5.74) is 1.69. The maximum atomic E-state index is 12.7. The number of hydrogen-bond acceptors (Lipinski definition) is 4. The molecule has 0 aliphatic carbocycles. The second kappa shape index (κ2) is 5.96. The molecule has 2 aliphatic heterocycles. The van der Waals surface area contributed by atoms with Gasteiger partial charge in [-0.15, -0.1) is 11.3 Å². The van der Waals surface area contributed by atoms with Crippen molar-refractivity contribution >= 4 is 34.1 Å². The number of fused-ring (bicyclic) bond motifs is 3. The van der Waals surface area contributed by atoms with E-state index in [0.717, 1.165) is 15.4 Å². The predicted molar refractivity (Wildman–Crippen MR) is 88.7 cm³/mol. The van der Waals surface area contributed by atoms with Crippen molar-refractivity contribution in [2.45, 2.75) is 33.2 Å². The van der Waals surface area contributed by atoms with Gasteiger partial charge in [-0.05, 0) is 18.9 Å². The van der Waals surface area contributed by atoms with Crippen LogP contribution in [0.25, 0.3) is 0 Å². The zero-order valence-corrected chi connectivity index (χ0v) is 14.5. The van der Waals surface area contributed by atoms with Crippen LogP contribution >= 0.6 is 11.3 Å². The molecule has 23 heavy (non-hydrogen) atoms. The minimum Gasteiger partial charge on any atom is -0.337 e. The highest BCUT2D eigenvalue weighted by Crippen LogP contribution is 2.41. The number of hydrogen-bond donors (Lipinski definition) is 0. The van der Waals surface area contributed by atoms with Crippen LogP contribution in [0.2, 0.25) is 0 Å². The first-order valence-electron chi connectivity index (χ1n) is 7.96. The van der Waals surface area contributed by atoms with Crippen molar-refractivity contribution in [2.75, 3.05) is 31.6 Å². The quantitative estimate of drug-likeness (QED) is 0.822. The summed E-state index contributed by atoms with van der Waals surface area (Å²) < 4.78 is 0. The Morgan fingerprint density at radius 1 is 1.22 bits per heavy atom. The van der Waals surface area contributed by atoms with Crippen molar-refractivity contribution < 1.29 is 14.4 Å². The number of thiophene rings is 1. The van der Waals surface area contributed by atoms with Gasteiger partial charge in [0, 0.05) is 31.4 Å². The van der Waals surface area contributed by atoms with E-state index in [4.69, 9.17) is 0 Å². The molecule has 6 nitrogen and oxygen atoms in total. The van der Waals surface area contributed by atoms with Gasteiger partial charge < -0.3 is 14.7 Å². The van der Waals surface area contributed by atoms with Crippen molar-refractivity contribution in [3.05, 3.63) is 16.0 Å². The van der Waals surface area contributed by atoms with Crippen LogP contribution in [0, 0.1) is 0 Å². The van der Waals surface area contributed by atoms with E-state index in [1.165, 1.54) is 16.2 Å². The van der Waals surface area contributed by atoms with Crippen LogP contribution in [0.1, 0.15) is 41.1 Å². The molecule has 0 radical (unpaired) electrons. The van der Waals surface area contributed by atoms with Crippen LogP contribution in [0.5, 0.6) is 0 Å². The Bertz CT molecular complexity index is 682.